The van der Waals surface area contributed by atoms with Gasteiger partial charge in [-0.1, -0.05) is 30.3 Å². The highest BCUT2D eigenvalue weighted by molar-refractivity contribution is 6.35. The Hall–Kier alpha value is -1.84. The van der Waals surface area contributed by atoms with Gasteiger partial charge in [-0.3, -0.25) is 9.59 Å². The zero-order valence-corrected chi connectivity index (χ0v) is 9.77. The summed E-state index contributed by atoms with van der Waals surface area (Å²) in [6.07, 6.45) is 1.96. The first-order valence-corrected chi connectivity index (χ1v) is 5.83. The summed E-state index contributed by atoms with van der Waals surface area (Å²) in [6, 6.07) is 9.62. The van der Waals surface area contributed by atoms with Crippen LogP contribution >= 0.6 is 0 Å². The van der Waals surface area contributed by atoms with E-state index in [1.807, 2.05) is 37.3 Å². The molecule has 0 heterocycles. The monoisotopic (exact) mass is 232 g/mol. The van der Waals surface area contributed by atoms with Gasteiger partial charge in [0.1, 0.15) is 0 Å². The van der Waals surface area contributed by atoms with Crippen molar-refractivity contribution >= 4 is 11.8 Å². The Kier molecular flexibility index (Phi) is 3.42. The van der Waals surface area contributed by atoms with Gasteiger partial charge in [-0.05, 0) is 25.3 Å². The van der Waals surface area contributed by atoms with E-state index in [1.54, 1.807) is 0 Å². The van der Waals surface area contributed by atoms with E-state index < -0.39 is 11.8 Å². The fraction of sp³-hybridized carbons (Fsp3) is 0.385. The molecule has 1 saturated carbocycles. The van der Waals surface area contributed by atoms with E-state index in [2.05, 4.69) is 10.6 Å². The summed E-state index contributed by atoms with van der Waals surface area (Å²) in [5.74, 6) is -1.09. The molecule has 0 unspecified atom stereocenters. The third kappa shape index (κ3) is 3.31. The molecule has 1 aliphatic carbocycles. The van der Waals surface area contributed by atoms with Crippen LogP contribution in [0.5, 0.6) is 0 Å². The topological polar surface area (TPSA) is 58.2 Å². The molecule has 17 heavy (non-hydrogen) atoms. The maximum absolute atomic E-state index is 11.6. The zero-order chi connectivity index (χ0) is 12.3. The third-order valence-corrected chi connectivity index (χ3v) is 2.77. The van der Waals surface area contributed by atoms with Gasteiger partial charge in [-0.15, -0.1) is 0 Å². The summed E-state index contributed by atoms with van der Waals surface area (Å²) in [5, 5.41) is 5.34. The van der Waals surface area contributed by atoms with Gasteiger partial charge in [0.25, 0.3) is 0 Å². The lowest BCUT2D eigenvalue weighted by Crippen LogP contribution is -2.41. The van der Waals surface area contributed by atoms with Crippen molar-refractivity contribution in [3.8, 4) is 0 Å². The van der Waals surface area contributed by atoms with E-state index in [4.69, 9.17) is 0 Å². The molecule has 2 amide bonds. The van der Waals surface area contributed by atoms with Crippen molar-refractivity contribution in [2.75, 3.05) is 0 Å². The fourth-order valence-electron chi connectivity index (χ4n) is 1.57. The first-order chi connectivity index (χ1) is 8.16. The molecule has 1 fully saturated rings. The molecule has 0 aromatic heterocycles. The molecule has 0 spiro atoms. The van der Waals surface area contributed by atoms with Gasteiger partial charge in [-0.25, -0.2) is 0 Å². The predicted molar refractivity (Wildman–Crippen MR) is 64.2 cm³/mol. The van der Waals surface area contributed by atoms with Crippen LogP contribution in [0, 0.1) is 0 Å². The molecule has 0 saturated heterocycles. The highest BCUT2D eigenvalue weighted by Crippen LogP contribution is 2.18. The fourth-order valence-corrected chi connectivity index (χ4v) is 1.57. The van der Waals surface area contributed by atoms with Gasteiger partial charge in [0.05, 0.1) is 6.04 Å². The smallest absolute Gasteiger partial charge is 0.309 e. The largest absolute Gasteiger partial charge is 0.345 e. The summed E-state index contributed by atoms with van der Waals surface area (Å²) in [6.45, 7) is 1.86. The van der Waals surface area contributed by atoms with E-state index in [0.717, 1.165) is 18.4 Å². The minimum atomic E-state index is -0.562. The van der Waals surface area contributed by atoms with Gasteiger partial charge in [0, 0.05) is 6.04 Å². The van der Waals surface area contributed by atoms with Crippen LogP contribution in [0.1, 0.15) is 31.4 Å². The van der Waals surface area contributed by atoms with E-state index in [-0.39, 0.29) is 12.1 Å². The number of hydrogen-bond donors (Lipinski definition) is 2. The number of amides is 2. The molecule has 0 radical (unpaired) electrons. The Balaban J connectivity index is 1.87. The van der Waals surface area contributed by atoms with Crippen LogP contribution in [-0.2, 0) is 9.59 Å². The summed E-state index contributed by atoms with van der Waals surface area (Å²) in [7, 11) is 0. The SMILES string of the molecule is C[C@H](NC(=O)C(=O)NC1CC1)c1ccccc1. The average molecular weight is 232 g/mol. The second-order valence-corrected chi connectivity index (χ2v) is 4.35. The molecule has 1 aromatic carbocycles. The Morgan fingerprint density at radius 3 is 2.41 bits per heavy atom. The van der Waals surface area contributed by atoms with Crippen LogP contribution in [0.25, 0.3) is 0 Å². The maximum Gasteiger partial charge on any atom is 0.309 e. The molecular formula is C13H16N2O2. The summed E-state index contributed by atoms with van der Waals surface area (Å²) in [4.78, 5) is 23.0. The second kappa shape index (κ2) is 4.99. The highest BCUT2D eigenvalue weighted by atomic mass is 16.2. The highest BCUT2D eigenvalue weighted by Gasteiger charge is 2.26. The number of rotatable bonds is 3. The summed E-state index contributed by atoms with van der Waals surface area (Å²) in [5.41, 5.74) is 0.986. The normalized spacial score (nSPS) is 16.1. The van der Waals surface area contributed by atoms with Crippen LogP contribution in [0.2, 0.25) is 0 Å². The third-order valence-electron chi connectivity index (χ3n) is 2.77. The Morgan fingerprint density at radius 1 is 1.18 bits per heavy atom. The van der Waals surface area contributed by atoms with Crippen molar-refractivity contribution in [2.24, 2.45) is 0 Å². The molecule has 1 aliphatic rings. The first kappa shape index (κ1) is 11.6. The number of benzene rings is 1. The van der Waals surface area contributed by atoms with E-state index >= 15 is 0 Å². The van der Waals surface area contributed by atoms with Crippen molar-refractivity contribution in [3.63, 3.8) is 0 Å². The minimum absolute atomic E-state index is 0.159. The second-order valence-electron chi connectivity index (χ2n) is 4.35. The van der Waals surface area contributed by atoms with Crippen molar-refractivity contribution in [2.45, 2.75) is 31.8 Å². The number of nitrogens with one attached hydrogen (secondary N) is 2. The van der Waals surface area contributed by atoms with Gasteiger partial charge >= 0.3 is 11.8 Å². The van der Waals surface area contributed by atoms with E-state index in [0.29, 0.717) is 0 Å². The van der Waals surface area contributed by atoms with Crippen LogP contribution in [-0.4, -0.2) is 17.9 Å². The quantitative estimate of drug-likeness (QED) is 0.768. The molecule has 0 bridgehead atoms. The zero-order valence-electron chi connectivity index (χ0n) is 9.77. The van der Waals surface area contributed by atoms with Crippen molar-refractivity contribution in [1.29, 1.82) is 0 Å². The van der Waals surface area contributed by atoms with Crippen molar-refractivity contribution in [1.82, 2.24) is 10.6 Å². The Morgan fingerprint density at radius 2 is 1.82 bits per heavy atom. The van der Waals surface area contributed by atoms with E-state index in [1.165, 1.54) is 0 Å². The standard InChI is InChI=1S/C13H16N2O2/c1-9(10-5-3-2-4-6-10)14-12(16)13(17)15-11-7-8-11/h2-6,9,11H,7-8H2,1H3,(H,14,16)(H,15,17)/t9-/m0/s1. The van der Waals surface area contributed by atoms with Crippen molar-refractivity contribution in [3.05, 3.63) is 35.9 Å². The number of carbonyl (C=O) groups is 2. The molecule has 90 valence electrons. The molecular weight excluding hydrogens is 216 g/mol. The minimum Gasteiger partial charge on any atom is -0.345 e. The van der Waals surface area contributed by atoms with Gasteiger partial charge in [0.15, 0.2) is 0 Å². The van der Waals surface area contributed by atoms with Crippen LogP contribution < -0.4 is 10.6 Å². The lowest BCUT2D eigenvalue weighted by atomic mass is 10.1. The number of carbonyl (C=O) groups excluding carboxylic acids is 2. The van der Waals surface area contributed by atoms with Crippen LogP contribution in [0.4, 0.5) is 0 Å². The van der Waals surface area contributed by atoms with Gasteiger partial charge in [-0.2, -0.15) is 0 Å². The van der Waals surface area contributed by atoms with Gasteiger partial charge < -0.3 is 10.6 Å². The lowest BCUT2D eigenvalue weighted by Gasteiger charge is -2.13. The molecule has 2 N–H and O–H groups in total. The first-order valence-electron chi connectivity index (χ1n) is 5.83. The van der Waals surface area contributed by atoms with E-state index in [9.17, 15) is 9.59 Å². The van der Waals surface area contributed by atoms with Gasteiger partial charge in [0.2, 0.25) is 0 Å². The molecule has 0 aliphatic heterocycles. The summed E-state index contributed by atoms with van der Waals surface area (Å²) >= 11 is 0. The molecule has 1 aromatic rings. The molecule has 2 rings (SSSR count). The maximum atomic E-state index is 11.6. The van der Waals surface area contributed by atoms with Crippen LogP contribution in [0.3, 0.4) is 0 Å². The Labute approximate surface area is 100 Å². The molecule has 4 heteroatoms. The van der Waals surface area contributed by atoms with Crippen molar-refractivity contribution < 1.29 is 9.59 Å². The lowest BCUT2D eigenvalue weighted by molar-refractivity contribution is -0.139. The van der Waals surface area contributed by atoms with Crippen LogP contribution in [0.15, 0.2) is 30.3 Å². The Bertz CT molecular complexity index is 413. The molecule has 1 atom stereocenters. The summed E-state index contributed by atoms with van der Waals surface area (Å²) < 4.78 is 0. The number of hydrogen-bond acceptors (Lipinski definition) is 2. The predicted octanol–water partition coefficient (Wildman–Crippen LogP) is 1.14. The molecule has 4 nitrogen and oxygen atoms in total. The average Bonchev–Trinajstić information content (AvgIpc) is 3.14.